The van der Waals surface area contributed by atoms with E-state index in [9.17, 15) is 4.79 Å². The van der Waals surface area contributed by atoms with Crippen LogP contribution in [0, 0.1) is 5.41 Å². The number of benzene rings is 2. The Morgan fingerprint density at radius 2 is 1.50 bits per heavy atom. The van der Waals surface area contributed by atoms with E-state index in [1.165, 1.54) is 48.8 Å². The third-order valence-electron chi connectivity index (χ3n) is 5.74. The zero-order chi connectivity index (χ0) is 18.3. The highest BCUT2D eigenvalue weighted by molar-refractivity contribution is 7.98. The average molecular weight is 370 g/mol. The summed E-state index contributed by atoms with van der Waals surface area (Å²) in [5.74, 6) is 0.530. The Morgan fingerprint density at radius 3 is 2.08 bits per heavy atom. The Balaban J connectivity index is 1.76. The number of rotatable bonds is 2. The maximum Gasteiger partial charge on any atom is 0.316 e. The molecule has 0 atom stereocenters. The third kappa shape index (κ3) is 3.26. The molecule has 4 rings (SSSR count). The van der Waals surface area contributed by atoms with Gasteiger partial charge in [0.25, 0.3) is 0 Å². The molecule has 2 aromatic carbocycles. The molecule has 138 valence electrons. The molecule has 0 aliphatic carbocycles. The van der Waals surface area contributed by atoms with Gasteiger partial charge in [0.2, 0.25) is 0 Å². The third-order valence-corrected chi connectivity index (χ3v) is 8.98. The monoisotopic (exact) mass is 369 g/mol. The molecule has 2 nitrogen and oxygen atoms in total. The van der Waals surface area contributed by atoms with Gasteiger partial charge in [-0.15, -0.1) is 0 Å². The summed E-state index contributed by atoms with van der Waals surface area (Å²) < 4.78 is 5.79. The summed E-state index contributed by atoms with van der Waals surface area (Å²) >= 11 is 0. The highest BCUT2D eigenvalue weighted by Gasteiger charge is 2.46. The molecule has 0 spiro atoms. The van der Waals surface area contributed by atoms with E-state index in [4.69, 9.17) is 4.74 Å². The van der Waals surface area contributed by atoms with Gasteiger partial charge >= 0.3 is 5.97 Å². The molecule has 2 aromatic rings. The Labute approximate surface area is 159 Å². The number of carbonyl (C=O) groups is 1. The smallest absolute Gasteiger partial charge is 0.316 e. The van der Waals surface area contributed by atoms with Crippen LogP contribution in [0.3, 0.4) is 0 Å². The number of fused-ring (bicyclic) bond motifs is 3. The summed E-state index contributed by atoms with van der Waals surface area (Å²) in [7, 11) is 0.343. The van der Waals surface area contributed by atoms with E-state index in [1.807, 2.05) is 32.9 Å². The number of hydrogen-bond donors (Lipinski definition) is 0. The molecule has 2 heterocycles. The molecule has 0 saturated carbocycles. The first-order valence-electron chi connectivity index (χ1n) is 9.91. The number of carbonyl (C=O) groups excluding carboxylic acids is 1. The lowest BCUT2D eigenvalue weighted by Gasteiger charge is -2.35. The lowest BCUT2D eigenvalue weighted by Crippen LogP contribution is -2.40. The fourth-order valence-corrected chi connectivity index (χ4v) is 7.97. The van der Waals surface area contributed by atoms with Crippen molar-refractivity contribution >= 4 is 27.6 Å². The van der Waals surface area contributed by atoms with Gasteiger partial charge in [0.15, 0.2) is 4.90 Å². The van der Waals surface area contributed by atoms with E-state index in [2.05, 4.69) is 24.3 Å². The largest absolute Gasteiger partial charge is 0.425 e. The van der Waals surface area contributed by atoms with Crippen molar-refractivity contribution in [2.75, 3.05) is 0 Å². The molecule has 2 fully saturated rings. The zero-order valence-electron chi connectivity index (χ0n) is 16.1. The summed E-state index contributed by atoms with van der Waals surface area (Å²) in [6, 6.07) is 12.8. The molecule has 2 aliphatic rings. The van der Waals surface area contributed by atoms with Crippen molar-refractivity contribution in [3.63, 3.8) is 0 Å². The summed E-state index contributed by atoms with van der Waals surface area (Å²) in [6.45, 7) is 5.70. The van der Waals surface area contributed by atoms with Gasteiger partial charge in [-0.3, -0.25) is 4.79 Å². The van der Waals surface area contributed by atoms with E-state index in [1.54, 1.807) is 0 Å². The van der Waals surface area contributed by atoms with Crippen LogP contribution in [0.4, 0.5) is 0 Å². The molecule has 0 amide bonds. The first-order chi connectivity index (χ1) is 12.4. The molecule has 26 heavy (non-hydrogen) atoms. The molecule has 2 bridgehead atoms. The Kier molecular flexibility index (Phi) is 4.77. The van der Waals surface area contributed by atoms with Crippen molar-refractivity contribution < 1.29 is 9.53 Å². The van der Waals surface area contributed by atoms with Crippen molar-refractivity contribution in [3.05, 3.63) is 36.4 Å². The normalized spacial score (nSPS) is 25.9. The van der Waals surface area contributed by atoms with Crippen LogP contribution in [0.25, 0.3) is 10.8 Å². The molecule has 0 unspecified atom stereocenters. The van der Waals surface area contributed by atoms with Gasteiger partial charge < -0.3 is 4.74 Å². The Morgan fingerprint density at radius 1 is 0.923 bits per heavy atom. The van der Waals surface area contributed by atoms with E-state index < -0.39 is 5.41 Å². The van der Waals surface area contributed by atoms with Crippen LogP contribution in [-0.2, 0) is 15.7 Å². The first-order valence-corrected chi connectivity index (χ1v) is 11.3. The van der Waals surface area contributed by atoms with E-state index in [-0.39, 0.29) is 5.97 Å². The maximum absolute atomic E-state index is 12.4. The molecule has 0 N–H and O–H groups in total. The lowest BCUT2D eigenvalue weighted by molar-refractivity contribution is -0.142. The molecule has 0 aromatic heterocycles. The van der Waals surface area contributed by atoms with Crippen LogP contribution in [-0.4, -0.2) is 16.5 Å². The standard InChI is InChI=1S/C23H29O2S/c1-23(2,3)22(24)25-20-14-15-21(19-13-5-4-12-18(19)20)26-16-8-6-9-17(26)11-7-10-16/h4-5,12-17H,6-11H2,1-3H3/q+1. The summed E-state index contributed by atoms with van der Waals surface area (Å²) in [5, 5.41) is 4.08. The van der Waals surface area contributed by atoms with Crippen molar-refractivity contribution in [2.45, 2.75) is 74.7 Å². The molecular weight excluding hydrogens is 340 g/mol. The molecule has 2 aliphatic heterocycles. The van der Waals surface area contributed by atoms with Gasteiger partial charge in [0, 0.05) is 21.7 Å². The second kappa shape index (κ2) is 6.92. The SMILES string of the molecule is CC(C)(C)C(=O)Oc1ccc([S+]2C3CCCC2CCC3)c2ccccc12. The van der Waals surface area contributed by atoms with Crippen molar-refractivity contribution in [2.24, 2.45) is 5.41 Å². The van der Waals surface area contributed by atoms with E-state index in [0.717, 1.165) is 15.9 Å². The highest BCUT2D eigenvalue weighted by Crippen LogP contribution is 2.45. The summed E-state index contributed by atoms with van der Waals surface area (Å²) in [5.41, 5.74) is -0.498. The summed E-state index contributed by atoms with van der Waals surface area (Å²) in [6.07, 6.45) is 8.34. The van der Waals surface area contributed by atoms with Gasteiger partial charge in [-0.1, -0.05) is 18.2 Å². The van der Waals surface area contributed by atoms with Crippen molar-refractivity contribution in [1.29, 1.82) is 0 Å². The second-order valence-electron chi connectivity index (χ2n) is 8.72. The Hall–Kier alpha value is -1.48. The van der Waals surface area contributed by atoms with Gasteiger partial charge in [-0.05, 0) is 77.5 Å². The van der Waals surface area contributed by atoms with Crippen LogP contribution < -0.4 is 4.74 Å². The molecule has 0 radical (unpaired) electrons. The zero-order valence-corrected chi connectivity index (χ0v) is 16.9. The quantitative estimate of drug-likeness (QED) is 0.376. The fraction of sp³-hybridized carbons (Fsp3) is 0.522. The van der Waals surface area contributed by atoms with Crippen molar-refractivity contribution in [3.8, 4) is 5.75 Å². The van der Waals surface area contributed by atoms with Gasteiger partial charge in [0.05, 0.1) is 5.41 Å². The summed E-state index contributed by atoms with van der Waals surface area (Å²) in [4.78, 5) is 13.9. The number of esters is 1. The molecule has 3 heteroatoms. The minimum absolute atomic E-state index is 0.174. The van der Waals surface area contributed by atoms with Gasteiger partial charge in [-0.25, -0.2) is 0 Å². The first kappa shape index (κ1) is 17.9. The lowest BCUT2D eigenvalue weighted by atomic mass is 9.97. The Bertz CT molecular complexity index is 799. The van der Waals surface area contributed by atoms with Crippen LogP contribution in [0.15, 0.2) is 41.3 Å². The van der Waals surface area contributed by atoms with Crippen LogP contribution in [0.5, 0.6) is 5.75 Å². The topological polar surface area (TPSA) is 26.3 Å². The predicted molar refractivity (Wildman–Crippen MR) is 110 cm³/mol. The highest BCUT2D eigenvalue weighted by atomic mass is 32.2. The van der Waals surface area contributed by atoms with Crippen molar-refractivity contribution in [1.82, 2.24) is 0 Å². The maximum atomic E-state index is 12.4. The van der Waals surface area contributed by atoms with E-state index >= 15 is 0 Å². The number of hydrogen-bond acceptors (Lipinski definition) is 2. The van der Waals surface area contributed by atoms with Gasteiger partial charge in [0.1, 0.15) is 16.2 Å². The average Bonchev–Trinajstić information content (AvgIpc) is 2.60. The predicted octanol–water partition coefficient (Wildman–Crippen LogP) is 5.87. The van der Waals surface area contributed by atoms with Crippen LogP contribution in [0.2, 0.25) is 0 Å². The minimum atomic E-state index is -0.498. The van der Waals surface area contributed by atoms with E-state index in [0.29, 0.717) is 16.6 Å². The van der Waals surface area contributed by atoms with Crippen LogP contribution >= 0.6 is 0 Å². The molecular formula is C23H29O2S+. The second-order valence-corrected chi connectivity index (χ2v) is 11.2. The number of ether oxygens (including phenoxy) is 1. The fourth-order valence-electron chi connectivity index (χ4n) is 4.37. The van der Waals surface area contributed by atoms with Gasteiger partial charge in [-0.2, -0.15) is 0 Å². The van der Waals surface area contributed by atoms with Crippen LogP contribution in [0.1, 0.15) is 59.3 Å². The molecule has 2 saturated heterocycles. The minimum Gasteiger partial charge on any atom is -0.425 e.